The molecule has 2 N–H and O–H groups in total. The van der Waals surface area contributed by atoms with Crippen LogP contribution in [0.4, 0.5) is 0 Å². The van der Waals surface area contributed by atoms with E-state index in [4.69, 9.17) is 4.74 Å². The van der Waals surface area contributed by atoms with Gasteiger partial charge in [-0.05, 0) is 41.8 Å². The van der Waals surface area contributed by atoms with Crippen molar-refractivity contribution in [1.82, 2.24) is 0 Å². The molecule has 0 radical (unpaired) electrons. The summed E-state index contributed by atoms with van der Waals surface area (Å²) in [5, 5.41) is 19.9. The van der Waals surface area contributed by atoms with E-state index >= 15 is 0 Å². The molecule has 38 heavy (non-hydrogen) atoms. The number of unbranched alkanes of at least 4 members (excludes halogenated alkanes) is 17. The highest BCUT2D eigenvalue weighted by atomic mass is 16.5. The molecule has 0 saturated heterocycles. The second-order valence-corrected chi connectivity index (χ2v) is 11.7. The number of phenols is 2. The van der Waals surface area contributed by atoms with Gasteiger partial charge in [0, 0.05) is 5.41 Å². The van der Waals surface area contributed by atoms with Crippen molar-refractivity contribution in [2.45, 2.75) is 142 Å². The van der Waals surface area contributed by atoms with Crippen molar-refractivity contribution < 1.29 is 14.9 Å². The third-order valence-corrected chi connectivity index (χ3v) is 8.03. The van der Waals surface area contributed by atoms with Crippen LogP contribution in [0.2, 0.25) is 0 Å². The van der Waals surface area contributed by atoms with E-state index in [-0.39, 0.29) is 16.9 Å². The van der Waals surface area contributed by atoms with Crippen LogP contribution < -0.4 is 4.74 Å². The Balaban J connectivity index is 1.49. The Morgan fingerprint density at radius 2 is 0.974 bits per heavy atom. The molecule has 2 aromatic rings. The third kappa shape index (κ3) is 12.6. The van der Waals surface area contributed by atoms with E-state index < -0.39 is 0 Å². The van der Waals surface area contributed by atoms with E-state index in [0.29, 0.717) is 12.4 Å². The van der Waals surface area contributed by atoms with Crippen molar-refractivity contribution in [2.24, 2.45) is 0 Å². The Bertz CT molecular complexity index is 856. The predicted octanol–water partition coefficient (Wildman–Crippen LogP) is 10.8. The highest BCUT2D eigenvalue weighted by Crippen LogP contribution is 2.37. The highest BCUT2D eigenvalue weighted by Gasteiger charge is 2.24. The van der Waals surface area contributed by atoms with Crippen molar-refractivity contribution in [2.75, 3.05) is 6.61 Å². The first-order chi connectivity index (χ1) is 18.4. The van der Waals surface area contributed by atoms with Crippen molar-refractivity contribution in [1.29, 1.82) is 0 Å². The summed E-state index contributed by atoms with van der Waals surface area (Å²) in [6.45, 7) is 7.21. The molecule has 2 aromatic carbocycles. The zero-order valence-electron chi connectivity index (χ0n) is 24.8. The summed E-state index contributed by atoms with van der Waals surface area (Å²) in [5.41, 5.74) is 1.93. The van der Waals surface area contributed by atoms with Gasteiger partial charge in [-0.2, -0.15) is 0 Å². The summed E-state index contributed by atoms with van der Waals surface area (Å²) in [6, 6.07) is 13.0. The SMILES string of the molecule is CCCCCCCCCCCCCCCCCCCCOc1cc(C(C)(C)c2ccc(O)cc2)ccc1O. The van der Waals surface area contributed by atoms with Crippen LogP contribution in [0, 0.1) is 0 Å². The Morgan fingerprint density at radius 1 is 0.553 bits per heavy atom. The maximum atomic E-state index is 10.3. The van der Waals surface area contributed by atoms with Crippen LogP contribution in [-0.2, 0) is 5.41 Å². The molecule has 3 heteroatoms. The molecule has 0 spiro atoms. The minimum atomic E-state index is -0.257. The van der Waals surface area contributed by atoms with Gasteiger partial charge in [0.25, 0.3) is 0 Å². The monoisotopic (exact) mass is 524 g/mol. The summed E-state index contributed by atoms with van der Waals surface area (Å²) in [5.74, 6) is 1.02. The molecule has 0 aliphatic carbocycles. The molecule has 0 unspecified atom stereocenters. The fourth-order valence-corrected chi connectivity index (χ4v) is 5.25. The van der Waals surface area contributed by atoms with Gasteiger partial charge >= 0.3 is 0 Å². The van der Waals surface area contributed by atoms with Gasteiger partial charge in [0.2, 0.25) is 0 Å². The zero-order valence-corrected chi connectivity index (χ0v) is 24.8. The average molecular weight is 525 g/mol. The molecule has 2 rings (SSSR count). The number of phenolic OH excluding ortho intramolecular Hbond substituents is 2. The molecular formula is C35H56O3. The van der Waals surface area contributed by atoms with Gasteiger partial charge in [0.1, 0.15) is 5.75 Å². The highest BCUT2D eigenvalue weighted by molar-refractivity contribution is 5.48. The number of benzene rings is 2. The number of ether oxygens (including phenoxy) is 1. The van der Waals surface area contributed by atoms with Crippen molar-refractivity contribution in [3.63, 3.8) is 0 Å². The third-order valence-electron chi connectivity index (χ3n) is 8.03. The number of hydrogen-bond donors (Lipinski definition) is 2. The second kappa shape index (κ2) is 19.0. The lowest BCUT2D eigenvalue weighted by Gasteiger charge is -2.27. The number of rotatable bonds is 22. The Morgan fingerprint density at radius 3 is 1.45 bits per heavy atom. The first-order valence-electron chi connectivity index (χ1n) is 15.7. The summed E-state index contributed by atoms with van der Waals surface area (Å²) in [4.78, 5) is 0. The maximum Gasteiger partial charge on any atom is 0.161 e. The lowest BCUT2D eigenvalue weighted by atomic mass is 9.78. The Labute approximate surface area is 234 Å². The van der Waals surface area contributed by atoms with E-state index in [0.717, 1.165) is 17.5 Å². The van der Waals surface area contributed by atoms with Gasteiger partial charge in [-0.25, -0.2) is 0 Å². The lowest BCUT2D eigenvalue weighted by Crippen LogP contribution is -2.18. The number of aromatic hydroxyl groups is 2. The largest absolute Gasteiger partial charge is 0.508 e. The van der Waals surface area contributed by atoms with Crippen molar-refractivity contribution in [3.8, 4) is 17.2 Å². The quantitative estimate of drug-likeness (QED) is 0.151. The summed E-state index contributed by atoms with van der Waals surface area (Å²) in [6.07, 6.45) is 24.6. The van der Waals surface area contributed by atoms with Crippen LogP contribution >= 0.6 is 0 Å². The fraction of sp³-hybridized carbons (Fsp3) is 0.657. The molecule has 0 aliphatic heterocycles. The topological polar surface area (TPSA) is 49.7 Å². The van der Waals surface area contributed by atoms with Crippen LogP contribution in [0.3, 0.4) is 0 Å². The van der Waals surface area contributed by atoms with Crippen LogP contribution in [0.5, 0.6) is 17.2 Å². The molecule has 3 nitrogen and oxygen atoms in total. The van der Waals surface area contributed by atoms with E-state index in [1.54, 1.807) is 18.2 Å². The fourth-order valence-electron chi connectivity index (χ4n) is 5.25. The van der Waals surface area contributed by atoms with Crippen LogP contribution in [-0.4, -0.2) is 16.8 Å². The summed E-state index contributed by atoms with van der Waals surface area (Å²) < 4.78 is 5.97. The molecule has 0 fully saturated rings. The van der Waals surface area contributed by atoms with Crippen LogP contribution in [0.1, 0.15) is 147 Å². The van der Waals surface area contributed by atoms with E-state index in [9.17, 15) is 10.2 Å². The van der Waals surface area contributed by atoms with Gasteiger partial charge in [0.15, 0.2) is 11.5 Å². The molecule has 0 heterocycles. The van der Waals surface area contributed by atoms with Crippen molar-refractivity contribution in [3.05, 3.63) is 53.6 Å². The maximum absolute atomic E-state index is 10.3. The van der Waals surface area contributed by atoms with Crippen molar-refractivity contribution >= 4 is 0 Å². The van der Waals surface area contributed by atoms with Gasteiger partial charge in [-0.1, -0.05) is 148 Å². The molecular weight excluding hydrogens is 468 g/mol. The Kier molecular flexibility index (Phi) is 16.0. The summed E-state index contributed by atoms with van der Waals surface area (Å²) >= 11 is 0. The molecule has 0 saturated carbocycles. The normalized spacial score (nSPS) is 11.7. The zero-order chi connectivity index (χ0) is 27.5. The van der Waals surface area contributed by atoms with Gasteiger partial charge in [0.05, 0.1) is 6.61 Å². The first-order valence-corrected chi connectivity index (χ1v) is 15.7. The molecule has 0 bridgehead atoms. The van der Waals surface area contributed by atoms with Gasteiger partial charge < -0.3 is 14.9 Å². The lowest BCUT2D eigenvalue weighted by molar-refractivity contribution is 0.288. The van der Waals surface area contributed by atoms with E-state index in [2.05, 4.69) is 20.8 Å². The van der Waals surface area contributed by atoms with Crippen LogP contribution in [0.25, 0.3) is 0 Å². The van der Waals surface area contributed by atoms with Gasteiger partial charge in [-0.15, -0.1) is 0 Å². The smallest absolute Gasteiger partial charge is 0.161 e. The minimum absolute atomic E-state index is 0.192. The minimum Gasteiger partial charge on any atom is -0.508 e. The standard InChI is InChI=1S/C35H56O3/c1-4-5-6-7-8-9-10-11-12-13-14-15-16-17-18-19-20-21-28-38-34-29-31(24-27-33(34)37)35(2,3)30-22-25-32(36)26-23-30/h22-27,29,36-37H,4-21,28H2,1-3H3. The molecule has 0 amide bonds. The molecule has 214 valence electrons. The average Bonchev–Trinajstić information content (AvgIpc) is 2.91. The van der Waals surface area contributed by atoms with Gasteiger partial charge in [-0.3, -0.25) is 0 Å². The first kappa shape index (κ1) is 32.1. The molecule has 0 aromatic heterocycles. The predicted molar refractivity (Wildman–Crippen MR) is 163 cm³/mol. The number of hydrogen-bond acceptors (Lipinski definition) is 3. The second-order valence-electron chi connectivity index (χ2n) is 11.7. The van der Waals surface area contributed by atoms with E-state index in [1.807, 2.05) is 24.3 Å². The molecule has 0 aliphatic rings. The Hall–Kier alpha value is -2.16. The molecule has 0 atom stereocenters. The summed E-state index contributed by atoms with van der Waals surface area (Å²) in [7, 11) is 0. The van der Waals surface area contributed by atoms with E-state index in [1.165, 1.54) is 109 Å². The van der Waals surface area contributed by atoms with Crippen LogP contribution in [0.15, 0.2) is 42.5 Å².